The number of hydrogen-bond acceptors (Lipinski definition) is 2. The molecule has 5 nitrogen and oxygen atoms in total. The lowest BCUT2D eigenvalue weighted by atomic mass is 10.2. The summed E-state index contributed by atoms with van der Waals surface area (Å²) in [5, 5.41) is 9.37. The molecule has 0 unspecified atom stereocenters. The fourth-order valence-corrected chi connectivity index (χ4v) is 2.45. The molecule has 23 heavy (non-hydrogen) atoms. The molecule has 0 saturated heterocycles. The van der Waals surface area contributed by atoms with Crippen molar-refractivity contribution in [3.8, 4) is 0 Å². The summed E-state index contributed by atoms with van der Waals surface area (Å²) in [5.41, 5.74) is 1.15. The van der Waals surface area contributed by atoms with E-state index in [0.717, 1.165) is 35.4 Å². The van der Waals surface area contributed by atoms with E-state index in [1.165, 1.54) is 0 Å². The Balaban J connectivity index is 0.00000264. The molecule has 1 fully saturated rings. The van der Waals surface area contributed by atoms with Gasteiger partial charge in [-0.1, -0.05) is 28.1 Å². The van der Waals surface area contributed by atoms with Gasteiger partial charge in [0.25, 0.3) is 0 Å². The SMILES string of the molecule is CCNC(=NCc1cccc(Br)c1)NCCNC(=O)C1CC1.I. The molecule has 0 bridgehead atoms. The first kappa shape index (κ1) is 20.2. The van der Waals surface area contributed by atoms with Crippen LogP contribution in [0, 0.1) is 5.92 Å². The largest absolute Gasteiger partial charge is 0.357 e. The van der Waals surface area contributed by atoms with E-state index in [9.17, 15) is 4.79 Å². The Hall–Kier alpha value is -0.830. The molecule has 3 N–H and O–H groups in total. The maximum atomic E-state index is 11.5. The Morgan fingerprint density at radius 3 is 2.65 bits per heavy atom. The average molecular weight is 495 g/mol. The van der Waals surface area contributed by atoms with Crippen molar-refractivity contribution in [1.29, 1.82) is 0 Å². The first-order valence-corrected chi connectivity index (χ1v) is 8.52. The summed E-state index contributed by atoms with van der Waals surface area (Å²) >= 11 is 3.46. The Bertz CT molecular complexity index is 535. The molecule has 1 aromatic carbocycles. The summed E-state index contributed by atoms with van der Waals surface area (Å²) in [7, 11) is 0. The highest BCUT2D eigenvalue weighted by atomic mass is 127. The molecular formula is C16H24BrIN4O. The van der Waals surface area contributed by atoms with Crippen LogP contribution in [0.4, 0.5) is 0 Å². The number of aliphatic imine (C=N–C) groups is 1. The third kappa shape index (κ3) is 8.01. The van der Waals surface area contributed by atoms with E-state index in [1.807, 2.05) is 25.1 Å². The third-order valence-corrected chi connectivity index (χ3v) is 3.81. The van der Waals surface area contributed by atoms with E-state index in [1.54, 1.807) is 0 Å². The molecule has 1 aromatic rings. The predicted molar refractivity (Wildman–Crippen MR) is 108 cm³/mol. The number of halogens is 2. The van der Waals surface area contributed by atoms with Crippen LogP contribution < -0.4 is 16.0 Å². The molecule has 128 valence electrons. The summed E-state index contributed by atoms with van der Waals surface area (Å²) < 4.78 is 1.06. The van der Waals surface area contributed by atoms with Gasteiger partial charge < -0.3 is 16.0 Å². The van der Waals surface area contributed by atoms with E-state index < -0.39 is 0 Å². The van der Waals surface area contributed by atoms with Crippen LogP contribution in [-0.2, 0) is 11.3 Å². The maximum Gasteiger partial charge on any atom is 0.223 e. The molecule has 7 heteroatoms. The molecule has 1 aliphatic carbocycles. The van der Waals surface area contributed by atoms with Crippen molar-refractivity contribution in [2.45, 2.75) is 26.3 Å². The van der Waals surface area contributed by atoms with Crippen molar-refractivity contribution < 1.29 is 4.79 Å². The second-order valence-corrected chi connectivity index (χ2v) is 6.23. The molecule has 2 rings (SSSR count). The van der Waals surface area contributed by atoms with Crippen molar-refractivity contribution in [3.63, 3.8) is 0 Å². The van der Waals surface area contributed by atoms with Gasteiger partial charge in [0.05, 0.1) is 6.54 Å². The highest BCUT2D eigenvalue weighted by molar-refractivity contribution is 14.0. The number of nitrogens with zero attached hydrogens (tertiary/aromatic N) is 1. The molecule has 0 atom stereocenters. The van der Waals surface area contributed by atoms with E-state index in [-0.39, 0.29) is 35.8 Å². The number of amides is 1. The van der Waals surface area contributed by atoms with E-state index in [4.69, 9.17) is 0 Å². The van der Waals surface area contributed by atoms with Gasteiger partial charge in [-0.3, -0.25) is 4.79 Å². The minimum absolute atomic E-state index is 0. The van der Waals surface area contributed by atoms with Gasteiger partial charge in [-0.05, 0) is 37.5 Å². The van der Waals surface area contributed by atoms with Gasteiger partial charge in [-0.15, -0.1) is 24.0 Å². The van der Waals surface area contributed by atoms with Crippen molar-refractivity contribution in [2.24, 2.45) is 10.9 Å². The van der Waals surface area contributed by atoms with Crippen molar-refractivity contribution >= 4 is 51.8 Å². The fraction of sp³-hybridized carbons (Fsp3) is 0.500. The molecule has 1 aliphatic rings. The lowest BCUT2D eigenvalue weighted by Crippen LogP contribution is -2.41. The molecular weight excluding hydrogens is 471 g/mol. The topological polar surface area (TPSA) is 65.5 Å². The van der Waals surface area contributed by atoms with Gasteiger partial charge in [0.2, 0.25) is 5.91 Å². The van der Waals surface area contributed by atoms with Crippen LogP contribution in [0.2, 0.25) is 0 Å². The predicted octanol–water partition coefficient (Wildman–Crippen LogP) is 2.65. The molecule has 0 heterocycles. The van der Waals surface area contributed by atoms with Gasteiger partial charge in [-0.25, -0.2) is 4.99 Å². The Labute approximate surface area is 163 Å². The van der Waals surface area contributed by atoms with Gasteiger partial charge in [0.15, 0.2) is 5.96 Å². The van der Waals surface area contributed by atoms with Crippen LogP contribution in [0.25, 0.3) is 0 Å². The average Bonchev–Trinajstić information content (AvgIpc) is 3.33. The Morgan fingerprint density at radius 2 is 2.00 bits per heavy atom. The smallest absolute Gasteiger partial charge is 0.223 e. The van der Waals surface area contributed by atoms with Crippen LogP contribution >= 0.6 is 39.9 Å². The summed E-state index contributed by atoms with van der Waals surface area (Å²) in [5.74, 6) is 1.21. The fourth-order valence-electron chi connectivity index (χ4n) is 2.00. The number of guanidine groups is 1. The van der Waals surface area contributed by atoms with Crippen LogP contribution in [0.3, 0.4) is 0 Å². The van der Waals surface area contributed by atoms with Crippen molar-refractivity contribution in [3.05, 3.63) is 34.3 Å². The van der Waals surface area contributed by atoms with Gasteiger partial charge >= 0.3 is 0 Å². The minimum atomic E-state index is 0. The summed E-state index contributed by atoms with van der Waals surface area (Å²) in [6, 6.07) is 8.11. The van der Waals surface area contributed by atoms with Crippen LogP contribution in [0.5, 0.6) is 0 Å². The van der Waals surface area contributed by atoms with Gasteiger partial charge in [-0.2, -0.15) is 0 Å². The summed E-state index contributed by atoms with van der Waals surface area (Å²) in [4.78, 5) is 16.1. The molecule has 0 spiro atoms. The number of benzene rings is 1. The minimum Gasteiger partial charge on any atom is -0.357 e. The second-order valence-electron chi connectivity index (χ2n) is 5.32. The maximum absolute atomic E-state index is 11.5. The number of hydrogen-bond donors (Lipinski definition) is 3. The Morgan fingerprint density at radius 1 is 1.26 bits per heavy atom. The number of nitrogens with one attached hydrogen (secondary N) is 3. The number of carbonyl (C=O) groups is 1. The molecule has 1 amide bonds. The number of rotatable bonds is 7. The van der Waals surface area contributed by atoms with Crippen LogP contribution in [0.15, 0.2) is 33.7 Å². The van der Waals surface area contributed by atoms with E-state index in [0.29, 0.717) is 19.6 Å². The monoisotopic (exact) mass is 494 g/mol. The molecule has 0 aliphatic heterocycles. The first-order valence-electron chi connectivity index (χ1n) is 7.73. The molecule has 0 radical (unpaired) electrons. The van der Waals surface area contributed by atoms with Crippen LogP contribution in [0.1, 0.15) is 25.3 Å². The van der Waals surface area contributed by atoms with Gasteiger partial charge in [0.1, 0.15) is 0 Å². The Kier molecular flexibility index (Phi) is 9.54. The zero-order valence-corrected chi connectivity index (χ0v) is 17.2. The highest BCUT2D eigenvalue weighted by Crippen LogP contribution is 2.28. The molecule has 0 aromatic heterocycles. The second kappa shape index (κ2) is 10.9. The van der Waals surface area contributed by atoms with Crippen molar-refractivity contribution in [1.82, 2.24) is 16.0 Å². The normalized spacial score (nSPS) is 13.9. The van der Waals surface area contributed by atoms with E-state index in [2.05, 4.69) is 42.9 Å². The first-order chi connectivity index (χ1) is 10.7. The quantitative estimate of drug-likeness (QED) is 0.236. The molecule has 1 saturated carbocycles. The standard InChI is InChI=1S/C16H23BrN4O.HI/c1-2-18-16(20-9-8-19-15(22)13-6-7-13)21-11-12-4-3-5-14(17)10-12;/h3-5,10,13H,2,6-9,11H2,1H3,(H,19,22)(H2,18,20,21);1H. The van der Waals surface area contributed by atoms with E-state index >= 15 is 0 Å². The summed E-state index contributed by atoms with van der Waals surface area (Å²) in [6.45, 7) is 4.74. The lowest BCUT2D eigenvalue weighted by Gasteiger charge is -2.12. The van der Waals surface area contributed by atoms with Crippen molar-refractivity contribution in [2.75, 3.05) is 19.6 Å². The summed E-state index contributed by atoms with van der Waals surface area (Å²) in [6.07, 6.45) is 2.08. The van der Waals surface area contributed by atoms with Crippen LogP contribution in [-0.4, -0.2) is 31.5 Å². The zero-order chi connectivity index (χ0) is 15.8. The van der Waals surface area contributed by atoms with Gasteiger partial charge in [0, 0.05) is 30.0 Å². The zero-order valence-electron chi connectivity index (χ0n) is 13.3. The third-order valence-electron chi connectivity index (χ3n) is 3.32. The highest BCUT2D eigenvalue weighted by Gasteiger charge is 2.28. The lowest BCUT2D eigenvalue weighted by molar-refractivity contribution is -0.122. The number of carbonyl (C=O) groups excluding carboxylic acids is 1.